The minimum absolute atomic E-state index is 0.148. The zero-order valence-electron chi connectivity index (χ0n) is 18.6. The van der Waals surface area contributed by atoms with Crippen LogP contribution in [-0.4, -0.2) is 48.1 Å². The number of rotatable bonds is 6. The lowest BCUT2D eigenvalue weighted by Crippen LogP contribution is -2.49. The molecule has 2 aromatic rings. The number of anilines is 1. The topological polar surface area (TPSA) is 75.5 Å². The van der Waals surface area contributed by atoms with Crippen LogP contribution in [0.5, 0.6) is 0 Å². The van der Waals surface area contributed by atoms with E-state index in [4.69, 9.17) is 0 Å². The number of benzene rings is 1. The molecule has 0 spiro atoms. The Labute approximate surface area is 179 Å². The molecule has 0 aliphatic carbocycles. The van der Waals surface area contributed by atoms with Gasteiger partial charge in [0.05, 0.1) is 17.1 Å². The van der Waals surface area contributed by atoms with Crippen molar-refractivity contribution >= 4 is 21.6 Å². The number of likely N-dealkylation sites (tertiary alicyclic amines) is 1. The van der Waals surface area contributed by atoms with Crippen LogP contribution in [0, 0.1) is 20.8 Å². The third kappa shape index (κ3) is 4.24. The third-order valence-corrected chi connectivity index (χ3v) is 8.04. The van der Waals surface area contributed by atoms with Gasteiger partial charge >= 0.3 is 0 Å². The maximum absolute atomic E-state index is 13.7. The van der Waals surface area contributed by atoms with Crippen LogP contribution in [0.2, 0.25) is 0 Å². The molecule has 1 aliphatic heterocycles. The van der Waals surface area contributed by atoms with E-state index in [0.717, 1.165) is 31.2 Å². The van der Waals surface area contributed by atoms with Crippen molar-refractivity contribution < 1.29 is 13.2 Å². The number of aromatic nitrogens is 2. The molecule has 164 valence electrons. The van der Waals surface area contributed by atoms with Crippen molar-refractivity contribution in [2.45, 2.75) is 64.3 Å². The molecule has 3 rings (SSSR count). The fraction of sp³-hybridized carbons (Fsp3) is 0.545. The molecule has 8 heteroatoms. The molecule has 1 aromatic carbocycles. The summed E-state index contributed by atoms with van der Waals surface area (Å²) in [4.78, 5) is 15.3. The molecule has 2 heterocycles. The highest BCUT2D eigenvalue weighted by Gasteiger charge is 2.35. The molecule has 1 aromatic heterocycles. The molecular formula is C22H32N4O3S. The fourth-order valence-corrected chi connectivity index (χ4v) is 6.05. The van der Waals surface area contributed by atoms with Gasteiger partial charge in [0.25, 0.3) is 10.0 Å². The second kappa shape index (κ2) is 8.79. The normalized spacial score (nSPS) is 17.2. The second-order valence-electron chi connectivity index (χ2n) is 8.12. The molecule has 0 bridgehead atoms. The minimum Gasteiger partial charge on any atom is -0.338 e. The number of carbonyl (C=O) groups excluding carboxylic acids is 1. The molecule has 1 aliphatic rings. The highest BCUT2D eigenvalue weighted by molar-refractivity contribution is 7.93. The molecule has 1 atom stereocenters. The van der Waals surface area contributed by atoms with Crippen LogP contribution in [0.25, 0.3) is 0 Å². The average molecular weight is 433 g/mol. The van der Waals surface area contributed by atoms with Crippen LogP contribution in [-0.2, 0) is 21.9 Å². The summed E-state index contributed by atoms with van der Waals surface area (Å²) in [6, 6.07) is 7.42. The number of hydrogen-bond donors (Lipinski definition) is 0. The van der Waals surface area contributed by atoms with E-state index in [1.54, 1.807) is 37.7 Å². The first-order chi connectivity index (χ1) is 14.2. The van der Waals surface area contributed by atoms with Gasteiger partial charge < -0.3 is 4.90 Å². The lowest BCUT2D eigenvalue weighted by molar-refractivity contribution is -0.133. The number of carbonyl (C=O) groups is 1. The first-order valence-corrected chi connectivity index (χ1v) is 12.0. The van der Waals surface area contributed by atoms with Crippen LogP contribution in [0.1, 0.15) is 49.6 Å². The molecule has 30 heavy (non-hydrogen) atoms. The quantitative estimate of drug-likeness (QED) is 0.702. The zero-order valence-corrected chi connectivity index (χ0v) is 19.4. The van der Waals surface area contributed by atoms with Crippen molar-refractivity contribution in [3.63, 3.8) is 0 Å². The van der Waals surface area contributed by atoms with Crippen LogP contribution in [0.15, 0.2) is 29.2 Å². The van der Waals surface area contributed by atoms with Crippen molar-refractivity contribution in [3.8, 4) is 0 Å². The molecule has 7 nitrogen and oxygen atoms in total. The standard InChI is InChI=1S/C22H32N4O3S/c1-6-19-9-7-8-14-25(19)21(27)15-26(20-12-10-16(2)11-13-20)30(28,29)22-17(3)23-24(5)18(22)4/h10-13,19H,6-9,14-15H2,1-5H3. The Hall–Kier alpha value is -2.35. The van der Waals surface area contributed by atoms with Crippen LogP contribution in [0.3, 0.4) is 0 Å². The summed E-state index contributed by atoms with van der Waals surface area (Å²) in [5.41, 5.74) is 2.50. The first-order valence-electron chi connectivity index (χ1n) is 10.6. The van der Waals surface area contributed by atoms with Crippen molar-refractivity contribution in [2.75, 3.05) is 17.4 Å². The molecule has 0 N–H and O–H groups in total. The predicted molar refractivity (Wildman–Crippen MR) is 118 cm³/mol. The number of amides is 1. The monoisotopic (exact) mass is 432 g/mol. The molecule has 1 unspecified atom stereocenters. The fourth-order valence-electron chi connectivity index (χ4n) is 4.23. The summed E-state index contributed by atoms with van der Waals surface area (Å²) in [6.45, 7) is 7.92. The van der Waals surface area contributed by atoms with Gasteiger partial charge in [0, 0.05) is 19.6 Å². The van der Waals surface area contributed by atoms with E-state index in [2.05, 4.69) is 12.0 Å². The largest absolute Gasteiger partial charge is 0.338 e. The maximum Gasteiger partial charge on any atom is 0.268 e. The lowest BCUT2D eigenvalue weighted by atomic mass is 10.00. The summed E-state index contributed by atoms with van der Waals surface area (Å²) < 4.78 is 30.3. The second-order valence-corrected chi connectivity index (χ2v) is 9.91. The van der Waals surface area contributed by atoms with E-state index >= 15 is 0 Å². The number of hydrogen-bond acceptors (Lipinski definition) is 4. The van der Waals surface area contributed by atoms with E-state index in [-0.39, 0.29) is 23.4 Å². The number of nitrogens with zero attached hydrogens (tertiary/aromatic N) is 4. The van der Waals surface area contributed by atoms with Gasteiger partial charge in [-0.1, -0.05) is 24.6 Å². The number of piperidine rings is 1. The van der Waals surface area contributed by atoms with Crippen molar-refractivity contribution in [1.82, 2.24) is 14.7 Å². The summed E-state index contributed by atoms with van der Waals surface area (Å²) in [5.74, 6) is -0.148. The Morgan fingerprint density at radius 2 is 1.83 bits per heavy atom. The van der Waals surface area contributed by atoms with Gasteiger partial charge in [-0.15, -0.1) is 0 Å². The van der Waals surface area contributed by atoms with Gasteiger partial charge in [-0.05, 0) is 58.6 Å². The summed E-state index contributed by atoms with van der Waals surface area (Å²) >= 11 is 0. The SMILES string of the molecule is CCC1CCCCN1C(=O)CN(c1ccc(C)cc1)S(=O)(=O)c1c(C)nn(C)c1C. The molecule has 1 amide bonds. The van der Waals surface area contributed by atoms with E-state index in [1.165, 1.54) is 4.31 Å². The Morgan fingerprint density at radius 3 is 2.40 bits per heavy atom. The van der Waals surface area contributed by atoms with Gasteiger partial charge in [0.2, 0.25) is 5.91 Å². The van der Waals surface area contributed by atoms with E-state index in [1.807, 2.05) is 24.0 Å². The Bertz CT molecular complexity index is 1010. The Kier molecular flexibility index (Phi) is 6.55. The molecule has 0 saturated carbocycles. The minimum atomic E-state index is -3.96. The van der Waals surface area contributed by atoms with Crippen LogP contribution < -0.4 is 4.31 Å². The number of aryl methyl sites for hydroxylation is 3. The Morgan fingerprint density at radius 1 is 1.17 bits per heavy atom. The molecule has 0 radical (unpaired) electrons. The molecule has 1 saturated heterocycles. The average Bonchev–Trinajstić information content (AvgIpc) is 2.98. The van der Waals surface area contributed by atoms with Crippen LogP contribution >= 0.6 is 0 Å². The summed E-state index contributed by atoms with van der Waals surface area (Å²) in [5, 5.41) is 4.28. The smallest absolute Gasteiger partial charge is 0.268 e. The van der Waals surface area contributed by atoms with E-state index in [9.17, 15) is 13.2 Å². The zero-order chi connectivity index (χ0) is 22.1. The first kappa shape index (κ1) is 22.3. The highest BCUT2D eigenvalue weighted by atomic mass is 32.2. The number of sulfonamides is 1. The van der Waals surface area contributed by atoms with Crippen molar-refractivity contribution in [2.24, 2.45) is 7.05 Å². The summed E-state index contributed by atoms with van der Waals surface area (Å²) in [6.07, 6.45) is 3.92. The van der Waals surface area contributed by atoms with Gasteiger partial charge in [-0.25, -0.2) is 8.42 Å². The van der Waals surface area contributed by atoms with E-state index < -0.39 is 10.0 Å². The molecule has 1 fully saturated rings. The van der Waals surface area contributed by atoms with Gasteiger partial charge in [0.15, 0.2) is 0 Å². The van der Waals surface area contributed by atoms with E-state index in [0.29, 0.717) is 23.6 Å². The molecular weight excluding hydrogens is 400 g/mol. The van der Waals surface area contributed by atoms with Gasteiger partial charge in [0.1, 0.15) is 11.4 Å². The predicted octanol–water partition coefficient (Wildman–Crippen LogP) is 3.33. The van der Waals surface area contributed by atoms with Crippen molar-refractivity contribution in [1.29, 1.82) is 0 Å². The van der Waals surface area contributed by atoms with Gasteiger partial charge in [-0.3, -0.25) is 13.8 Å². The van der Waals surface area contributed by atoms with Crippen LogP contribution in [0.4, 0.5) is 5.69 Å². The summed E-state index contributed by atoms with van der Waals surface area (Å²) in [7, 11) is -2.24. The maximum atomic E-state index is 13.7. The van der Waals surface area contributed by atoms with Crippen molar-refractivity contribution in [3.05, 3.63) is 41.2 Å². The van der Waals surface area contributed by atoms with Gasteiger partial charge in [-0.2, -0.15) is 5.10 Å². The Balaban J connectivity index is 2.03. The highest BCUT2D eigenvalue weighted by Crippen LogP contribution is 2.29. The third-order valence-electron chi connectivity index (χ3n) is 6.01. The lowest BCUT2D eigenvalue weighted by Gasteiger charge is -2.37.